The van der Waals surface area contributed by atoms with Gasteiger partial charge in [-0.25, -0.2) is 4.39 Å². The summed E-state index contributed by atoms with van der Waals surface area (Å²) in [4.78, 5) is 0. The summed E-state index contributed by atoms with van der Waals surface area (Å²) in [7, 11) is 0. The Bertz CT molecular complexity index is 768. The quantitative estimate of drug-likeness (QED) is 0.802. The Kier molecular flexibility index (Phi) is 4.85. The van der Waals surface area contributed by atoms with Crippen LogP contribution in [0.5, 0.6) is 5.75 Å². The van der Waals surface area contributed by atoms with Gasteiger partial charge in [0.25, 0.3) is 0 Å². The summed E-state index contributed by atoms with van der Waals surface area (Å²) in [6.07, 6.45) is 1.46. The Morgan fingerprint density at radius 3 is 2.36 bits per heavy atom. The molecular weight excluding hydrogens is 286 g/mol. The molecule has 108 valence electrons. The zero-order valence-corrected chi connectivity index (χ0v) is 11.4. The molecule has 0 bridgehead atoms. The third-order valence-corrected chi connectivity index (χ3v) is 2.84. The molecule has 0 spiro atoms. The molecule has 0 heterocycles. The van der Waals surface area contributed by atoms with Gasteiger partial charge in [-0.05, 0) is 29.3 Å². The van der Waals surface area contributed by atoms with E-state index in [-0.39, 0.29) is 17.9 Å². The summed E-state index contributed by atoms with van der Waals surface area (Å²) >= 11 is 0. The van der Waals surface area contributed by atoms with Gasteiger partial charge in [0.05, 0.1) is 0 Å². The van der Waals surface area contributed by atoms with Crippen LogP contribution in [0.15, 0.2) is 48.0 Å². The first kappa shape index (κ1) is 15.2. The molecule has 0 saturated carbocycles. The van der Waals surface area contributed by atoms with Crippen LogP contribution in [0, 0.1) is 34.3 Å². The Labute approximate surface area is 126 Å². The van der Waals surface area contributed by atoms with Crippen molar-refractivity contribution in [2.45, 2.75) is 6.61 Å². The normalized spacial score (nSPS) is 9.45. The molecule has 0 aromatic heterocycles. The molecule has 3 nitrogen and oxygen atoms in total. The van der Waals surface area contributed by atoms with Crippen LogP contribution in [0.2, 0.25) is 0 Å². The van der Waals surface area contributed by atoms with Crippen LogP contribution in [0.1, 0.15) is 11.1 Å². The Balaban J connectivity index is 2.07. The van der Waals surface area contributed by atoms with Crippen molar-refractivity contribution in [2.75, 3.05) is 0 Å². The van der Waals surface area contributed by atoms with Gasteiger partial charge in [-0.15, -0.1) is 0 Å². The minimum absolute atomic E-state index is 0.00540. The topological polar surface area (TPSA) is 56.8 Å². The van der Waals surface area contributed by atoms with Crippen molar-refractivity contribution in [3.8, 4) is 17.9 Å². The molecule has 0 atom stereocenters. The number of rotatable bonds is 4. The van der Waals surface area contributed by atoms with Crippen LogP contribution in [0.25, 0.3) is 6.08 Å². The molecule has 0 unspecified atom stereocenters. The molecule has 5 heteroatoms. The summed E-state index contributed by atoms with van der Waals surface area (Å²) in [5, 5.41) is 17.3. The zero-order valence-electron chi connectivity index (χ0n) is 11.4. The molecule has 0 aliphatic heterocycles. The van der Waals surface area contributed by atoms with E-state index in [4.69, 9.17) is 15.3 Å². The van der Waals surface area contributed by atoms with Crippen LogP contribution in [0.3, 0.4) is 0 Å². The lowest BCUT2D eigenvalue weighted by atomic mass is 10.1. The lowest BCUT2D eigenvalue weighted by molar-refractivity contribution is 0.284. The molecule has 0 N–H and O–H groups in total. The number of allylic oxidation sites excluding steroid dienone is 1. The highest BCUT2D eigenvalue weighted by Gasteiger charge is 2.08. The first-order valence-electron chi connectivity index (χ1n) is 6.31. The first-order chi connectivity index (χ1) is 10.6. The molecule has 2 aromatic carbocycles. The molecule has 0 saturated heterocycles. The van der Waals surface area contributed by atoms with Gasteiger partial charge < -0.3 is 4.74 Å². The summed E-state index contributed by atoms with van der Waals surface area (Å²) in [5.74, 6) is -2.13. The maximum absolute atomic E-state index is 13.4. The highest BCUT2D eigenvalue weighted by Crippen LogP contribution is 2.20. The third-order valence-electron chi connectivity index (χ3n) is 2.84. The average Bonchev–Trinajstić information content (AvgIpc) is 2.55. The minimum atomic E-state index is -1.02. The summed E-state index contributed by atoms with van der Waals surface area (Å²) in [6.45, 7) is 0.0771. The van der Waals surface area contributed by atoms with Gasteiger partial charge >= 0.3 is 0 Å². The van der Waals surface area contributed by atoms with E-state index in [1.807, 2.05) is 0 Å². The van der Waals surface area contributed by atoms with Crippen molar-refractivity contribution < 1.29 is 13.5 Å². The van der Waals surface area contributed by atoms with Crippen LogP contribution >= 0.6 is 0 Å². The van der Waals surface area contributed by atoms with Crippen LogP contribution < -0.4 is 4.74 Å². The van der Waals surface area contributed by atoms with Gasteiger partial charge in [-0.1, -0.05) is 30.3 Å². The maximum atomic E-state index is 13.4. The molecule has 0 amide bonds. The van der Waals surface area contributed by atoms with E-state index >= 15 is 0 Å². The van der Waals surface area contributed by atoms with E-state index in [9.17, 15) is 8.78 Å². The van der Waals surface area contributed by atoms with Gasteiger partial charge in [0.1, 0.15) is 24.3 Å². The molecule has 2 aromatic rings. The Hall–Kier alpha value is -3.18. The van der Waals surface area contributed by atoms with Gasteiger partial charge in [0.15, 0.2) is 11.6 Å². The van der Waals surface area contributed by atoms with Gasteiger partial charge in [-0.2, -0.15) is 14.9 Å². The van der Waals surface area contributed by atoms with Crippen LogP contribution in [-0.4, -0.2) is 0 Å². The predicted molar refractivity (Wildman–Crippen MR) is 76.3 cm³/mol. The monoisotopic (exact) mass is 296 g/mol. The fraction of sp³-hybridized carbons (Fsp3) is 0.0588. The van der Waals surface area contributed by atoms with Crippen LogP contribution in [0.4, 0.5) is 8.78 Å². The fourth-order valence-corrected chi connectivity index (χ4v) is 1.72. The van der Waals surface area contributed by atoms with E-state index in [0.29, 0.717) is 5.56 Å². The second-order valence-corrected chi connectivity index (χ2v) is 4.36. The van der Waals surface area contributed by atoms with E-state index in [1.54, 1.807) is 36.4 Å². The third kappa shape index (κ3) is 3.68. The van der Waals surface area contributed by atoms with Gasteiger partial charge in [0, 0.05) is 0 Å². The number of ether oxygens (including phenoxy) is 1. The molecule has 0 aliphatic carbocycles. The molecule has 0 radical (unpaired) electrons. The van der Waals surface area contributed by atoms with Crippen molar-refractivity contribution in [1.29, 1.82) is 10.5 Å². The number of halogens is 2. The van der Waals surface area contributed by atoms with Gasteiger partial charge in [0.2, 0.25) is 5.82 Å². The van der Waals surface area contributed by atoms with Crippen molar-refractivity contribution in [2.24, 2.45) is 0 Å². The second-order valence-electron chi connectivity index (χ2n) is 4.36. The van der Waals surface area contributed by atoms with E-state index in [1.165, 1.54) is 18.2 Å². The lowest BCUT2D eigenvalue weighted by Crippen LogP contribution is -1.98. The van der Waals surface area contributed by atoms with E-state index in [2.05, 4.69) is 0 Å². The zero-order chi connectivity index (χ0) is 15.9. The number of benzene rings is 2. The average molecular weight is 296 g/mol. The number of hydrogen-bond acceptors (Lipinski definition) is 3. The van der Waals surface area contributed by atoms with Crippen molar-refractivity contribution >= 4 is 6.08 Å². The predicted octanol–water partition coefficient (Wildman–Crippen LogP) is 3.97. The van der Waals surface area contributed by atoms with Crippen molar-refractivity contribution in [3.05, 3.63) is 70.8 Å². The van der Waals surface area contributed by atoms with E-state index < -0.39 is 11.6 Å². The largest absolute Gasteiger partial charge is 0.486 e. The number of nitrogens with zero attached hydrogens (tertiary/aromatic N) is 2. The lowest BCUT2D eigenvalue weighted by Gasteiger charge is -2.07. The number of nitriles is 2. The van der Waals surface area contributed by atoms with Crippen molar-refractivity contribution in [3.63, 3.8) is 0 Å². The van der Waals surface area contributed by atoms with E-state index in [0.717, 1.165) is 11.6 Å². The minimum Gasteiger partial charge on any atom is -0.486 e. The smallest absolute Gasteiger partial charge is 0.200 e. The van der Waals surface area contributed by atoms with Crippen LogP contribution in [-0.2, 0) is 6.61 Å². The summed E-state index contributed by atoms with van der Waals surface area (Å²) < 4.78 is 31.7. The molecule has 0 fully saturated rings. The second kappa shape index (κ2) is 7.01. The Morgan fingerprint density at radius 1 is 1.05 bits per heavy atom. The highest BCUT2D eigenvalue weighted by molar-refractivity contribution is 5.61. The first-order valence-corrected chi connectivity index (χ1v) is 6.31. The summed E-state index contributed by atoms with van der Waals surface area (Å²) in [5.41, 5.74) is 1.45. The fourth-order valence-electron chi connectivity index (χ4n) is 1.72. The maximum Gasteiger partial charge on any atom is 0.200 e. The number of hydrogen-bond donors (Lipinski definition) is 0. The molecular formula is C17H10F2N2O. The standard InChI is InChI=1S/C17H10F2N2O/c18-15-2-1-3-16(17(15)19)22-11-13-6-4-12(5-7-13)8-14(9-20)10-21/h1-8H,11H2. The summed E-state index contributed by atoms with van der Waals surface area (Å²) in [6, 6.07) is 14.1. The van der Waals surface area contributed by atoms with Crippen molar-refractivity contribution in [1.82, 2.24) is 0 Å². The molecule has 0 aliphatic rings. The molecule has 2 rings (SSSR count). The SMILES string of the molecule is N#CC(C#N)=Cc1ccc(COc2cccc(F)c2F)cc1. The van der Waals surface area contributed by atoms with Gasteiger partial charge in [-0.3, -0.25) is 0 Å². The highest BCUT2D eigenvalue weighted by atomic mass is 19.2. The molecule has 22 heavy (non-hydrogen) atoms. The Morgan fingerprint density at radius 2 is 1.73 bits per heavy atom.